The third-order valence-electron chi connectivity index (χ3n) is 4.56. The number of fused-ring (bicyclic) bond motifs is 1. The normalized spacial score (nSPS) is 14.2. The van der Waals surface area contributed by atoms with Gasteiger partial charge in [-0.25, -0.2) is 9.97 Å². The summed E-state index contributed by atoms with van der Waals surface area (Å²) in [4.78, 5) is 30.8. The van der Waals surface area contributed by atoms with Gasteiger partial charge in [0.1, 0.15) is 5.69 Å². The summed E-state index contributed by atoms with van der Waals surface area (Å²) in [6.45, 7) is 3.91. The number of aromatic nitrogens is 4. The second-order valence-electron chi connectivity index (χ2n) is 6.59. The number of nitrogens with zero attached hydrogens (tertiary/aromatic N) is 4. The lowest BCUT2D eigenvalue weighted by atomic mass is 10.1. The molecule has 27 heavy (non-hydrogen) atoms. The molecule has 1 aliphatic rings. The van der Waals surface area contributed by atoms with E-state index < -0.39 is 0 Å². The Hall–Kier alpha value is -2.28. The van der Waals surface area contributed by atoms with Crippen LogP contribution in [0.25, 0.3) is 11.5 Å². The molecule has 138 valence electrons. The Morgan fingerprint density at radius 3 is 2.78 bits per heavy atom. The van der Waals surface area contributed by atoms with E-state index >= 15 is 0 Å². The summed E-state index contributed by atoms with van der Waals surface area (Å²) in [5.41, 5.74) is 3.84. The lowest BCUT2D eigenvalue weighted by molar-refractivity contribution is 0.242. The highest BCUT2D eigenvalue weighted by atomic mass is 35.5. The van der Waals surface area contributed by atoms with E-state index in [-0.39, 0.29) is 5.56 Å². The molecule has 8 heteroatoms. The fraction of sp³-hybridized carbons (Fsp3) is 0.263. The fourth-order valence-corrected chi connectivity index (χ4v) is 3.47. The van der Waals surface area contributed by atoms with Crippen molar-refractivity contribution in [3.63, 3.8) is 0 Å². The molecule has 2 aromatic heterocycles. The number of aromatic amines is 1. The number of benzene rings is 1. The number of hydrogen-bond donors (Lipinski definition) is 1. The van der Waals surface area contributed by atoms with Gasteiger partial charge in [-0.15, -0.1) is 0 Å². The van der Waals surface area contributed by atoms with Crippen molar-refractivity contribution < 1.29 is 0 Å². The zero-order valence-electron chi connectivity index (χ0n) is 14.7. The lowest BCUT2D eigenvalue weighted by Gasteiger charge is -2.27. The first-order valence-corrected chi connectivity index (χ1v) is 9.32. The zero-order chi connectivity index (χ0) is 19.0. The van der Waals surface area contributed by atoms with Crippen molar-refractivity contribution in [3.8, 4) is 11.5 Å². The summed E-state index contributed by atoms with van der Waals surface area (Å²) in [5.74, 6) is 0.462. The maximum atomic E-state index is 12.6. The number of halogens is 2. The predicted octanol–water partition coefficient (Wildman–Crippen LogP) is 3.40. The van der Waals surface area contributed by atoms with Crippen molar-refractivity contribution in [1.29, 1.82) is 0 Å². The molecule has 0 radical (unpaired) electrons. The molecular formula is C19H17Cl2N5O. The van der Waals surface area contributed by atoms with Crippen LogP contribution in [0, 0.1) is 6.92 Å². The van der Waals surface area contributed by atoms with E-state index in [1.54, 1.807) is 18.5 Å². The highest BCUT2D eigenvalue weighted by Gasteiger charge is 2.22. The number of H-pyrrole nitrogens is 1. The van der Waals surface area contributed by atoms with Crippen LogP contribution < -0.4 is 5.56 Å². The molecule has 1 aliphatic heterocycles. The number of nitrogens with one attached hydrogen (secondary N) is 1. The van der Waals surface area contributed by atoms with Gasteiger partial charge < -0.3 is 4.98 Å². The highest BCUT2D eigenvalue weighted by molar-refractivity contribution is 6.42. The highest BCUT2D eigenvalue weighted by Crippen LogP contribution is 2.24. The summed E-state index contributed by atoms with van der Waals surface area (Å²) in [6, 6.07) is 5.60. The third-order valence-corrected chi connectivity index (χ3v) is 5.30. The SMILES string of the molecule is Cc1cnc(-c2nc3c(c(=O)[nH]2)CN(Cc2ccc(Cl)c(Cl)c2)CC3)cn1. The lowest BCUT2D eigenvalue weighted by Crippen LogP contribution is -2.35. The van der Waals surface area contributed by atoms with E-state index in [1.807, 2.05) is 19.1 Å². The van der Waals surface area contributed by atoms with Gasteiger partial charge in [-0.05, 0) is 24.6 Å². The molecule has 6 nitrogen and oxygen atoms in total. The monoisotopic (exact) mass is 401 g/mol. The summed E-state index contributed by atoms with van der Waals surface area (Å²) in [6.07, 6.45) is 3.99. The van der Waals surface area contributed by atoms with E-state index in [1.165, 1.54) is 0 Å². The molecule has 0 amide bonds. The van der Waals surface area contributed by atoms with Crippen molar-refractivity contribution >= 4 is 23.2 Å². The van der Waals surface area contributed by atoms with Gasteiger partial charge in [0.15, 0.2) is 5.82 Å². The predicted molar refractivity (Wildman–Crippen MR) is 105 cm³/mol. The molecule has 3 heterocycles. The largest absolute Gasteiger partial charge is 0.305 e. The smallest absolute Gasteiger partial charge is 0.255 e. The number of aryl methyl sites for hydroxylation is 1. The molecule has 4 rings (SSSR count). The second kappa shape index (κ2) is 7.38. The Morgan fingerprint density at radius 2 is 2.04 bits per heavy atom. The number of rotatable bonds is 3. The standard InChI is InChI=1S/C19H17Cl2N5O/c1-11-7-23-17(8-22-11)18-24-16-4-5-26(10-13(16)19(27)25-18)9-12-2-3-14(20)15(21)6-12/h2-3,6-8H,4-5,9-10H2,1H3,(H,24,25,27). The maximum Gasteiger partial charge on any atom is 0.255 e. The molecule has 0 atom stereocenters. The van der Waals surface area contributed by atoms with Gasteiger partial charge in [-0.3, -0.25) is 14.7 Å². The molecule has 1 N–H and O–H groups in total. The van der Waals surface area contributed by atoms with Gasteiger partial charge in [0, 0.05) is 32.3 Å². The van der Waals surface area contributed by atoms with Gasteiger partial charge in [0.05, 0.1) is 33.2 Å². The summed E-state index contributed by atoms with van der Waals surface area (Å²) in [5, 5.41) is 1.08. The van der Waals surface area contributed by atoms with E-state index in [4.69, 9.17) is 23.2 Å². The second-order valence-corrected chi connectivity index (χ2v) is 7.41. The van der Waals surface area contributed by atoms with Crippen molar-refractivity contribution in [2.45, 2.75) is 26.4 Å². The quantitative estimate of drug-likeness (QED) is 0.727. The Morgan fingerprint density at radius 1 is 1.19 bits per heavy atom. The van der Waals surface area contributed by atoms with Gasteiger partial charge in [-0.2, -0.15) is 0 Å². The Kier molecular flexibility index (Phi) is 4.95. The fourth-order valence-electron chi connectivity index (χ4n) is 3.15. The van der Waals surface area contributed by atoms with Crippen molar-refractivity contribution in [1.82, 2.24) is 24.8 Å². The zero-order valence-corrected chi connectivity index (χ0v) is 16.2. The summed E-state index contributed by atoms with van der Waals surface area (Å²) in [7, 11) is 0. The molecule has 0 saturated heterocycles. The topological polar surface area (TPSA) is 74.8 Å². The van der Waals surface area contributed by atoms with Gasteiger partial charge in [0.2, 0.25) is 0 Å². The molecule has 0 spiro atoms. The van der Waals surface area contributed by atoms with Crippen molar-refractivity contribution in [3.05, 3.63) is 73.5 Å². The molecule has 0 fully saturated rings. The van der Waals surface area contributed by atoms with E-state index in [2.05, 4.69) is 24.8 Å². The molecule has 1 aromatic carbocycles. The van der Waals surface area contributed by atoms with Gasteiger partial charge >= 0.3 is 0 Å². The van der Waals surface area contributed by atoms with Crippen LogP contribution in [0.15, 0.2) is 35.4 Å². The minimum Gasteiger partial charge on any atom is -0.305 e. The Labute approximate surface area is 166 Å². The Balaban J connectivity index is 1.57. The van der Waals surface area contributed by atoms with E-state index in [9.17, 15) is 4.79 Å². The average molecular weight is 402 g/mol. The summed E-state index contributed by atoms with van der Waals surface area (Å²) >= 11 is 12.1. The number of hydrogen-bond acceptors (Lipinski definition) is 5. The first-order valence-electron chi connectivity index (χ1n) is 8.57. The van der Waals surface area contributed by atoms with Crippen molar-refractivity contribution in [2.24, 2.45) is 0 Å². The van der Waals surface area contributed by atoms with E-state index in [0.717, 1.165) is 23.5 Å². The van der Waals surface area contributed by atoms with Crippen LogP contribution in [0.1, 0.15) is 22.5 Å². The third kappa shape index (κ3) is 3.88. The molecule has 0 unspecified atom stereocenters. The Bertz CT molecular complexity index is 1050. The first kappa shape index (κ1) is 18.1. The van der Waals surface area contributed by atoms with Crippen LogP contribution in [-0.2, 0) is 19.5 Å². The van der Waals surface area contributed by atoms with E-state index in [0.29, 0.717) is 46.6 Å². The maximum absolute atomic E-state index is 12.6. The van der Waals surface area contributed by atoms with Crippen LogP contribution in [0.4, 0.5) is 0 Å². The summed E-state index contributed by atoms with van der Waals surface area (Å²) < 4.78 is 0. The average Bonchev–Trinajstić information content (AvgIpc) is 2.66. The molecule has 0 bridgehead atoms. The van der Waals surface area contributed by atoms with Crippen LogP contribution in [0.2, 0.25) is 10.0 Å². The van der Waals surface area contributed by atoms with Gasteiger partial charge in [0.25, 0.3) is 5.56 Å². The molecule has 0 aliphatic carbocycles. The van der Waals surface area contributed by atoms with Crippen LogP contribution >= 0.6 is 23.2 Å². The van der Waals surface area contributed by atoms with Crippen LogP contribution in [-0.4, -0.2) is 31.4 Å². The van der Waals surface area contributed by atoms with Crippen LogP contribution in [0.3, 0.4) is 0 Å². The molecular weight excluding hydrogens is 385 g/mol. The minimum absolute atomic E-state index is 0.129. The first-order chi connectivity index (χ1) is 13.0. The minimum atomic E-state index is -0.129. The molecule has 0 saturated carbocycles. The van der Waals surface area contributed by atoms with Crippen molar-refractivity contribution in [2.75, 3.05) is 6.54 Å². The van der Waals surface area contributed by atoms with Crippen LogP contribution in [0.5, 0.6) is 0 Å². The molecule has 3 aromatic rings. The van der Waals surface area contributed by atoms with Gasteiger partial charge in [-0.1, -0.05) is 29.3 Å².